The van der Waals surface area contributed by atoms with Gasteiger partial charge in [0.25, 0.3) is 0 Å². The lowest BCUT2D eigenvalue weighted by Gasteiger charge is -2.30. The maximum atomic E-state index is 2.62. The van der Waals surface area contributed by atoms with Crippen LogP contribution in [0.5, 0.6) is 0 Å². The molecule has 0 aromatic heterocycles. The minimum atomic E-state index is 0.621. The van der Waals surface area contributed by atoms with Crippen molar-refractivity contribution in [1.82, 2.24) is 9.80 Å². The van der Waals surface area contributed by atoms with E-state index in [1.54, 1.807) is 0 Å². The zero-order valence-corrected chi connectivity index (χ0v) is 24.0. The van der Waals surface area contributed by atoms with Crippen LogP contribution in [0.25, 0.3) is 0 Å². The molecule has 1 unspecified atom stereocenters. The molecule has 34 heavy (non-hydrogen) atoms. The first-order valence-corrected chi connectivity index (χ1v) is 16.0. The highest BCUT2D eigenvalue weighted by Gasteiger charge is 2.22. The Labute approximate surface area is 216 Å². The predicted molar refractivity (Wildman–Crippen MR) is 154 cm³/mol. The van der Waals surface area contributed by atoms with Crippen LogP contribution >= 0.6 is 0 Å². The molecule has 1 heterocycles. The first kappa shape index (κ1) is 31.4. The van der Waals surface area contributed by atoms with E-state index in [2.05, 4.69) is 43.1 Å². The number of nitrogens with zero attached hydrogens (tertiary/aromatic N) is 2. The van der Waals surface area contributed by atoms with Gasteiger partial charge in [-0.15, -0.1) is 0 Å². The third kappa shape index (κ3) is 17.7. The largest absolute Gasteiger partial charge is 0.359 e. The lowest BCUT2D eigenvalue weighted by molar-refractivity contribution is 0.159. The van der Waals surface area contributed by atoms with E-state index in [1.165, 1.54) is 167 Å². The van der Waals surface area contributed by atoms with Crippen molar-refractivity contribution in [1.29, 1.82) is 0 Å². The minimum absolute atomic E-state index is 0.621. The first-order valence-electron chi connectivity index (χ1n) is 16.0. The van der Waals surface area contributed by atoms with Gasteiger partial charge in [-0.05, 0) is 19.3 Å². The second-order valence-electron chi connectivity index (χ2n) is 11.2. The second-order valence-corrected chi connectivity index (χ2v) is 11.2. The summed E-state index contributed by atoms with van der Waals surface area (Å²) in [5.41, 5.74) is 0. The van der Waals surface area contributed by atoms with Gasteiger partial charge in [-0.25, -0.2) is 0 Å². The lowest BCUT2D eigenvalue weighted by Crippen LogP contribution is -2.37. The van der Waals surface area contributed by atoms with Gasteiger partial charge in [-0.1, -0.05) is 155 Å². The molecule has 0 aliphatic carbocycles. The number of hydrogen-bond donors (Lipinski definition) is 0. The summed E-state index contributed by atoms with van der Waals surface area (Å²) in [6.45, 7) is 5.86. The van der Waals surface area contributed by atoms with Crippen molar-refractivity contribution in [3.05, 3.63) is 12.4 Å². The molecule has 0 amide bonds. The topological polar surface area (TPSA) is 6.48 Å². The van der Waals surface area contributed by atoms with Gasteiger partial charge in [0.1, 0.15) is 6.17 Å². The van der Waals surface area contributed by atoms with Crippen molar-refractivity contribution in [3.8, 4) is 0 Å². The van der Waals surface area contributed by atoms with Crippen molar-refractivity contribution >= 4 is 0 Å². The molecule has 1 aliphatic heterocycles. The zero-order valence-electron chi connectivity index (χ0n) is 24.0. The molecular formula is C32H64N2. The summed E-state index contributed by atoms with van der Waals surface area (Å²) in [6, 6.07) is 0. The molecule has 2 nitrogen and oxygen atoms in total. The Hall–Kier alpha value is -0.660. The fourth-order valence-corrected chi connectivity index (χ4v) is 5.52. The van der Waals surface area contributed by atoms with Gasteiger partial charge >= 0.3 is 0 Å². The summed E-state index contributed by atoms with van der Waals surface area (Å²) in [7, 11) is 2.27. The molecular weight excluding hydrogens is 412 g/mol. The van der Waals surface area contributed by atoms with Gasteiger partial charge in [0.15, 0.2) is 0 Å². The standard InChI is InChI=1S/C32H64N2/c1-4-6-8-10-12-14-16-17-18-19-21-23-25-27-29-34-31-30-33(3)32(34)28-26-24-22-20-15-13-11-9-7-5-2/h30-32H,4-29H2,1-3H3. The number of hydrogen-bond acceptors (Lipinski definition) is 2. The van der Waals surface area contributed by atoms with Gasteiger partial charge < -0.3 is 9.80 Å². The van der Waals surface area contributed by atoms with Crippen LogP contribution < -0.4 is 0 Å². The van der Waals surface area contributed by atoms with E-state index < -0.39 is 0 Å². The molecule has 0 bridgehead atoms. The van der Waals surface area contributed by atoms with Crippen LogP contribution in [0.1, 0.15) is 174 Å². The third-order valence-electron chi connectivity index (χ3n) is 7.93. The van der Waals surface area contributed by atoms with Crippen LogP contribution in [0, 0.1) is 0 Å². The maximum Gasteiger partial charge on any atom is 0.100 e. The summed E-state index contributed by atoms with van der Waals surface area (Å²) in [5, 5.41) is 0. The van der Waals surface area contributed by atoms with Crippen molar-refractivity contribution in [2.75, 3.05) is 13.6 Å². The predicted octanol–water partition coefficient (Wildman–Crippen LogP) is 10.8. The second kappa shape index (κ2) is 24.1. The highest BCUT2D eigenvalue weighted by molar-refractivity contribution is 4.95. The molecule has 0 aromatic rings. The fraction of sp³-hybridized carbons (Fsp3) is 0.938. The Morgan fingerprint density at radius 1 is 0.441 bits per heavy atom. The van der Waals surface area contributed by atoms with Crippen LogP contribution in [0.3, 0.4) is 0 Å². The van der Waals surface area contributed by atoms with E-state index in [9.17, 15) is 0 Å². The maximum absolute atomic E-state index is 2.62. The normalized spacial score (nSPS) is 15.7. The summed E-state index contributed by atoms with van der Waals surface area (Å²) in [6.07, 6.45) is 41.1. The summed E-state index contributed by atoms with van der Waals surface area (Å²) >= 11 is 0. The zero-order chi connectivity index (χ0) is 24.5. The molecule has 0 saturated carbocycles. The average Bonchev–Trinajstić information content (AvgIpc) is 3.19. The monoisotopic (exact) mass is 477 g/mol. The van der Waals surface area contributed by atoms with E-state index in [1.807, 2.05) is 0 Å². The van der Waals surface area contributed by atoms with E-state index in [0.717, 1.165) is 0 Å². The molecule has 1 rings (SSSR count). The first-order chi connectivity index (χ1) is 16.8. The van der Waals surface area contributed by atoms with Crippen molar-refractivity contribution in [2.45, 2.75) is 181 Å². The van der Waals surface area contributed by atoms with E-state index >= 15 is 0 Å². The smallest absolute Gasteiger partial charge is 0.100 e. The summed E-state index contributed by atoms with van der Waals surface area (Å²) in [5.74, 6) is 0. The summed E-state index contributed by atoms with van der Waals surface area (Å²) < 4.78 is 0. The Morgan fingerprint density at radius 2 is 0.794 bits per heavy atom. The lowest BCUT2D eigenvalue weighted by atomic mass is 10.0. The fourth-order valence-electron chi connectivity index (χ4n) is 5.52. The van der Waals surface area contributed by atoms with Crippen molar-refractivity contribution in [3.63, 3.8) is 0 Å². The molecule has 0 spiro atoms. The molecule has 0 fully saturated rings. The quantitative estimate of drug-likeness (QED) is 0.114. The number of unbranched alkanes of at least 4 members (excludes halogenated alkanes) is 22. The molecule has 1 aliphatic rings. The Bertz CT molecular complexity index is 433. The highest BCUT2D eigenvalue weighted by atomic mass is 15.4. The van der Waals surface area contributed by atoms with Crippen molar-refractivity contribution in [2.24, 2.45) is 0 Å². The molecule has 0 aromatic carbocycles. The van der Waals surface area contributed by atoms with Crippen LogP contribution in [0.4, 0.5) is 0 Å². The minimum Gasteiger partial charge on any atom is -0.359 e. The molecule has 1 atom stereocenters. The number of rotatable bonds is 26. The van der Waals surface area contributed by atoms with Crippen LogP contribution in [-0.4, -0.2) is 29.6 Å². The van der Waals surface area contributed by atoms with Crippen LogP contribution in [0.15, 0.2) is 12.4 Å². The third-order valence-corrected chi connectivity index (χ3v) is 7.93. The van der Waals surface area contributed by atoms with Gasteiger partial charge in [0.05, 0.1) is 0 Å². The van der Waals surface area contributed by atoms with Gasteiger partial charge in [-0.3, -0.25) is 0 Å². The molecule has 202 valence electrons. The molecule has 2 heteroatoms. The Balaban J connectivity index is 1.90. The SMILES string of the molecule is CCCCCCCCCCCCCCCCN1C=CN(C)C1CCCCCCCCCCCC. The molecule has 0 radical (unpaired) electrons. The molecule has 0 saturated heterocycles. The molecule has 0 N–H and O–H groups in total. The summed E-state index contributed by atoms with van der Waals surface area (Å²) in [4.78, 5) is 5.06. The highest BCUT2D eigenvalue weighted by Crippen LogP contribution is 2.21. The van der Waals surface area contributed by atoms with Gasteiger partial charge in [-0.2, -0.15) is 0 Å². The van der Waals surface area contributed by atoms with Gasteiger partial charge in [0.2, 0.25) is 0 Å². The van der Waals surface area contributed by atoms with E-state index in [-0.39, 0.29) is 0 Å². The average molecular weight is 477 g/mol. The Kier molecular flexibility index (Phi) is 22.2. The van der Waals surface area contributed by atoms with Crippen molar-refractivity contribution < 1.29 is 0 Å². The van der Waals surface area contributed by atoms with Crippen LogP contribution in [0.2, 0.25) is 0 Å². The van der Waals surface area contributed by atoms with Crippen LogP contribution in [-0.2, 0) is 0 Å². The Morgan fingerprint density at radius 3 is 1.21 bits per heavy atom. The van der Waals surface area contributed by atoms with E-state index in [4.69, 9.17) is 0 Å². The van der Waals surface area contributed by atoms with Gasteiger partial charge in [0, 0.05) is 26.0 Å². The van der Waals surface area contributed by atoms with E-state index in [0.29, 0.717) is 6.17 Å².